The first-order valence-electron chi connectivity index (χ1n) is 6.77. The maximum atomic E-state index is 10.2. The van der Waals surface area contributed by atoms with Gasteiger partial charge in [0.15, 0.2) is 5.82 Å². The van der Waals surface area contributed by atoms with E-state index in [-0.39, 0.29) is 12.0 Å². The molecule has 1 aliphatic heterocycles. The normalized spacial score (nSPS) is 22.4. The second kappa shape index (κ2) is 5.20. The summed E-state index contributed by atoms with van der Waals surface area (Å²) in [5, 5.41) is 22.3. The maximum Gasteiger partial charge on any atom is 0.151 e. The second-order valence-corrected chi connectivity index (χ2v) is 5.40. The Labute approximate surface area is 117 Å². The molecule has 0 amide bonds. The summed E-state index contributed by atoms with van der Waals surface area (Å²) < 4.78 is 5.22. The number of hydrogen-bond donors (Lipinski definition) is 1. The van der Waals surface area contributed by atoms with Crippen LogP contribution in [0, 0.1) is 19.8 Å². The number of aliphatic hydroxyl groups excluding tert-OH is 1. The van der Waals surface area contributed by atoms with Crippen molar-refractivity contribution in [3.8, 4) is 0 Å². The fourth-order valence-corrected chi connectivity index (χ4v) is 2.57. The molecular formula is C14H18N4O2. The van der Waals surface area contributed by atoms with Gasteiger partial charge in [0.25, 0.3) is 0 Å². The molecule has 3 heterocycles. The number of nitrogens with zero attached hydrogens (tertiary/aromatic N) is 4. The third kappa shape index (κ3) is 2.65. The molecule has 0 radical (unpaired) electrons. The monoisotopic (exact) mass is 274 g/mol. The van der Waals surface area contributed by atoms with Gasteiger partial charge in [-0.05, 0) is 26.0 Å². The van der Waals surface area contributed by atoms with Crippen molar-refractivity contribution in [2.75, 3.05) is 18.0 Å². The van der Waals surface area contributed by atoms with Crippen molar-refractivity contribution >= 4 is 5.82 Å². The van der Waals surface area contributed by atoms with Crippen LogP contribution in [-0.2, 0) is 6.42 Å². The van der Waals surface area contributed by atoms with Gasteiger partial charge >= 0.3 is 0 Å². The molecule has 0 aromatic carbocycles. The van der Waals surface area contributed by atoms with Crippen molar-refractivity contribution in [3.05, 3.63) is 35.3 Å². The van der Waals surface area contributed by atoms with Crippen LogP contribution >= 0.6 is 0 Å². The van der Waals surface area contributed by atoms with Crippen LogP contribution in [0.25, 0.3) is 0 Å². The van der Waals surface area contributed by atoms with E-state index in [0.29, 0.717) is 13.0 Å². The van der Waals surface area contributed by atoms with Crippen LogP contribution in [0.1, 0.15) is 17.1 Å². The molecule has 106 valence electrons. The molecule has 1 saturated heterocycles. The molecule has 0 bridgehead atoms. The highest BCUT2D eigenvalue weighted by Crippen LogP contribution is 2.25. The molecule has 2 aromatic heterocycles. The summed E-state index contributed by atoms with van der Waals surface area (Å²) in [5.41, 5.74) is 1.76. The number of aliphatic hydroxyl groups is 1. The Bertz CT molecular complexity index is 581. The minimum Gasteiger partial charge on any atom is -0.391 e. The SMILES string of the molecule is Cc1ccc(N2C[C@@H](Cc3cc(C)no3)[C@@H](O)C2)nn1. The van der Waals surface area contributed by atoms with Crippen molar-refractivity contribution in [2.45, 2.75) is 26.4 Å². The summed E-state index contributed by atoms with van der Waals surface area (Å²) in [6.07, 6.45) is 0.307. The molecule has 2 aromatic rings. The lowest BCUT2D eigenvalue weighted by Gasteiger charge is -2.15. The minimum atomic E-state index is -0.386. The van der Waals surface area contributed by atoms with Gasteiger partial charge in [-0.1, -0.05) is 5.16 Å². The molecule has 3 rings (SSSR count). The van der Waals surface area contributed by atoms with Crippen molar-refractivity contribution in [1.82, 2.24) is 15.4 Å². The number of rotatable bonds is 3. The lowest BCUT2D eigenvalue weighted by Crippen LogP contribution is -2.22. The first-order valence-corrected chi connectivity index (χ1v) is 6.77. The summed E-state index contributed by atoms with van der Waals surface area (Å²) in [5.74, 6) is 1.76. The predicted octanol–water partition coefficient (Wildman–Crippen LogP) is 1.12. The first kappa shape index (κ1) is 13.1. The molecule has 6 nitrogen and oxygen atoms in total. The van der Waals surface area contributed by atoms with Crippen LogP contribution in [0.3, 0.4) is 0 Å². The number of aromatic nitrogens is 3. The van der Waals surface area contributed by atoms with Crippen molar-refractivity contribution in [2.24, 2.45) is 5.92 Å². The number of anilines is 1. The smallest absolute Gasteiger partial charge is 0.151 e. The molecule has 0 saturated carbocycles. The van der Waals surface area contributed by atoms with Gasteiger partial charge in [-0.25, -0.2) is 0 Å². The van der Waals surface area contributed by atoms with Crippen molar-refractivity contribution < 1.29 is 9.63 Å². The lowest BCUT2D eigenvalue weighted by atomic mass is 10.0. The zero-order chi connectivity index (χ0) is 14.1. The average molecular weight is 274 g/mol. The number of hydrogen-bond acceptors (Lipinski definition) is 6. The molecule has 0 unspecified atom stereocenters. The van der Waals surface area contributed by atoms with Crippen LogP contribution in [-0.4, -0.2) is 39.7 Å². The highest BCUT2D eigenvalue weighted by Gasteiger charge is 2.33. The van der Waals surface area contributed by atoms with Gasteiger partial charge in [-0.3, -0.25) is 0 Å². The Kier molecular flexibility index (Phi) is 3.40. The van der Waals surface area contributed by atoms with Crippen LogP contribution in [0.4, 0.5) is 5.82 Å². The zero-order valence-electron chi connectivity index (χ0n) is 11.7. The standard InChI is InChI=1S/C14H18N4O2/c1-9-3-4-14(16-15-9)18-7-11(13(19)8-18)6-12-5-10(2)17-20-12/h3-5,11,13,19H,6-8H2,1-2H3/t11-,13+/m1/s1. The van der Waals surface area contributed by atoms with Crippen LogP contribution < -0.4 is 4.90 Å². The van der Waals surface area contributed by atoms with Gasteiger partial charge < -0.3 is 14.5 Å². The van der Waals surface area contributed by atoms with Crippen LogP contribution in [0.5, 0.6) is 0 Å². The molecule has 1 fully saturated rings. The topological polar surface area (TPSA) is 75.3 Å². The van der Waals surface area contributed by atoms with E-state index in [0.717, 1.165) is 29.5 Å². The average Bonchev–Trinajstić information content (AvgIpc) is 2.98. The van der Waals surface area contributed by atoms with E-state index < -0.39 is 0 Å². The van der Waals surface area contributed by atoms with Crippen LogP contribution in [0.15, 0.2) is 22.7 Å². The fraction of sp³-hybridized carbons (Fsp3) is 0.500. The molecular weight excluding hydrogens is 256 g/mol. The third-order valence-corrected chi connectivity index (χ3v) is 3.65. The molecule has 20 heavy (non-hydrogen) atoms. The van der Waals surface area contributed by atoms with Gasteiger partial charge in [0.2, 0.25) is 0 Å². The molecule has 6 heteroatoms. The van der Waals surface area contributed by atoms with E-state index in [1.54, 1.807) is 0 Å². The number of β-amino-alcohol motifs (C(OH)–C–C–N with tert-alkyl or cyclic N) is 1. The predicted molar refractivity (Wildman–Crippen MR) is 73.4 cm³/mol. The first-order chi connectivity index (χ1) is 9.61. The molecule has 0 spiro atoms. The van der Waals surface area contributed by atoms with Crippen molar-refractivity contribution in [3.63, 3.8) is 0 Å². The van der Waals surface area contributed by atoms with Gasteiger partial charge in [-0.2, -0.15) is 5.10 Å². The Morgan fingerprint density at radius 3 is 2.75 bits per heavy atom. The van der Waals surface area contributed by atoms with E-state index in [1.165, 1.54) is 0 Å². The lowest BCUT2D eigenvalue weighted by molar-refractivity contribution is 0.143. The summed E-state index contributed by atoms with van der Waals surface area (Å²) in [7, 11) is 0. The Balaban J connectivity index is 1.68. The van der Waals surface area contributed by atoms with E-state index in [1.807, 2.05) is 32.0 Å². The van der Waals surface area contributed by atoms with Crippen LogP contribution in [0.2, 0.25) is 0 Å². The summed E-state index contributed by atoms with van der Waals surface area (Å²) >= 11 is 0. The Hall–Kier alpha value is -1.95. The highest BCUT2D eigenvalue weighted by atomic mass is 16.5. The maximum absolute atomic E-state index is 10.2. The van der Waals surface area contributed by atoms with Gasteiger partial charge in [-0.15, -0.1) is 5.10 Å². The molecule has 2 atom stereocenters. The van der Waals surface area contributed by atoms with E-state index in [2.05, 4.69) is 20.3 Å². The largest absolute Gasteiger partial charge is 0.391 e. The van der Waals surface area contributed by atoms with Gasteiger partial charge in [0.1, 0.15) is 5.76 Å². The van der Waals surface area contributed by atoms with Gasteiger partial charge in [0, 0.05) is 31.5 Å². The Morgan fingerprint density at radius 1 is 1.25 bits per heavy atom. The van der Waals surface area contributed by atoms with Gasteiger partial charge in [0.05, 0.1) is 17.5 Å². The van der Waals surface area contributed by atoms with E-state index in [9.17, 15) is 5.11 Å². The molecule has 1 aliphatic rings. The Morgan fingerprint density at radius 2 is 2.10 bits per heavy atom. The number of aryl methyl sites for hydroxylation is 2. The summed E-state index contributed by atoms with van der Waals surface area (Å²) in [6, 6.07) is 5.79. The summed E-state index contributed by atoms with van der Waals surface area (Å²) in [6.45, 7) is 5.13. The van der Waals surface area contributed by atoms with Crippen molar-refractivity contribution in [1.29, 1.82) is 0 Å². The highest BCUT2D eigenvalue weighted by molar-refractivity contribution is 5.39. The second-order valence-electron chi connectivity index (χ2n) is 5.40. The van der Waals surface area contributed by atoms with E-state index in [4.69, 9.17) is 4.52 Å². The quantitative estimate of drug-likeness (QED) is 0.904. The molecule has 1 N–H and O–H groups in total. The zero-order valence-corrected chi connectivity index (χ0v) is 11.7. The molecule has 0 aliphatic carbocycles. The van der Waals surface area contributed by atoms with E-state index >= 15 is 0 Å². The minimum absolute atomic E-state index is 0.130. The fourth-order valence-electron chi connectivity index (χ4n) is 2.57. The third-order valence-electron chi connectivity index (χ3n) is 3.65. The summed E-state index contributed by atoms with van der Waals surface area (Å²) in [4.78, 5) is 2.06.